The Morgan fingerprint density at radius 1 is 0.253 bits per heavy atom. The molecule has 478 valence electrons. The summed E-state index contributed by atoms with van der Waals surface area (Å²) < 4.78 is 17.0. The number of esters is 3. The smallest absolute Gasteiger partial charge is 0.306 e. The third-order valence-electron chi connectivity index (χ3n) is 15.6. The first kappa shape index (κ1) is 79.3. The van der Waals surface area contributed by atoms with Crippen LogP contribution in [0.1, 0.15) is 355 Å². The van der Waals surface area contributed by atoms with E-state index in [-0.39, 0.29) is 31.1 Å². The fourth-order valence-corrected chi connectivity index (χ4v) is 10.3. The van der Waals surface area contributed by atoms with Gasteiger partial charge in [0.15, 0.2) is 6.10 Å². The van der Waals surface area contributed by atoms with E-state index in [4.69, 9.17) is 14.2 Å². The molecule has 0 rings (SSSR count). The van der Waals surface area contributed by atoms with Crippen molar-refractivity contribution < 1.29 is 28.6 Å². The Hall–Kier alpha value is -3.67. The van der Waals surface area contributed by atoms with E-state index in [0.717, 1.165) is 109 Å². The summed E-state index contributed by atoms with van der Waals surface area (Å²) in [5.41, 5.74) is 0. The Morgan fingerprint density at radius 2 is 0.470 bits per heavy atom. The number of hydrogen-bond donors (Lipinski definition) is 0. The molecule has 1 atom stereocenters. The monoisotopic (exact) mass is 1160 g/mol. The van der Waals surface area contributed by atoms with Gasteiger partial charge in [0.25, 0.3) is 0 Å². The van der Waals surface area contributed by atoms with E-state index in [1.54, 1.807) is 0 Å². The zero-order valence-electron chi connectivity index (χ0n) is 54.9. The number of carbonyl (C=O) groups is 3. The van der Waals surface area contributed by atoms with E-state index in [9.17, 15) is 14.4 Å². The van der Waals surface area contributed by atoms with E-state index in [1.807, 2.05) is 0 Å². The summed E-state index contributed by atoms with van der Waals surface area (Å²) in [5, 5.41) is 0. The lowest BCUT2D eigenvalue weighted by Crippen LogP contribution is -2.30. The summed E-state index contributed by atoms with van der Waals surface area (Å²) in [5.74, 6) is -0.876. The molecule has 0 aromatic carbocycles. The summed E-state index contributed by atoms with van der Waals surface area (Å²) in [6.45, 7) is 6.45. The molecule has 0 aromatic rings. The van der Waals surface area contributed by atoms with Crippen LogP contribution < -0.4 is 0 Å². The van der Waals surface area contributed by atoms with Crippen molar-refractivity contribution >= 4 is 17.9 Å². The van der Waals surface area contributed by atoms with Crippen molar-refractivity contribution in [3.63, 3.8) is 0 Å². The lowest BCUT2D eigenvalue weighted by atomic mass is 10.0. The quantitative estimate of drug-likeness (QED) is 0.0261. The van der Waals surface area contributed by atoms with E-state index in [0.29, 0.717) is 19.3 Å². The third kappa shape index (κ3) is 69.0. The average molecular weight is 1160 g/mol. The molecule has 0 N–H and O–H groups in total. The normalized spacial score (nSPS) is 12.7. The number of unbranched alkanes of at least 4 members (excludes halogenated alkanes) is 38. The van der Waals surface area contributed by atoms with Crippen molar-refractivity contribution in [2.75, 3.05) is 13.2 Å². The van der Waals surface area contributed by atoms with Gasteiger partial charge in [-0.2, -0.15) is 0 Å². The zero-order valence-corrected chi connectivity index (χ0v) is 54.9. The molecule has 0 aliphatic rings. The minimum Gasteiger partial charge on any atom is -0.462 e. The minimum atomic E-state index is -0.785. The molecular formula is C77H134O6. The summed E-state index contributed by atoms with van der Waals surface area (Å²) >= 11 is 0. The number of ether oxygens (including phenoxy) is 3. The SMILES string of the molecule is CC/C=C\C/C=C\C/C=C\C/C=C\CCCCCCCCCCCCCCCCCCCCC(=O)OCC(COC(=O)CCCCCCCCC/C=C\CCCCCCCC)OC(=O)CCCCCCCCC/C=C\C/C=C\C/C=C\CC. The van der Waals surface area contributed by atoms with Gasteiger partial charge in [0, 0.05) is 19.3 Å². The molecule has 6 nitrogen and oxygen atoms in total. The van der Waals surface area contributed by atoms with Crippen LogP contribution in [0.4, 0.5) is 0 Å². The second kappa shape index (κ2) is 70.8. The Balaban J connectivity index is 4.24. The maximum atomic E-state index is 12.9. The van der Waals surface area contributed by atoms with Gasteiger partial charge in [-0.15, -0.1) is 0 Å². The maximum absolute atomic E-state index is 12.9. The minimum absolute atomic E-state index is 0.0794. The van der Waals surface area contributed by atoms with Crippen molar-refractivity contribution in [2.24, 2.45) is 0 Å². The second-order valence-corrected chi connectivity index (χ2v) is 23.7. The van der Waals surface area contributed by atoms with Gasteiger partial charge in [-0.3, -0.25) is 14.4 Å². The first-order valence-corrected chi connectivity index (χ1v) is 35.7. The Morgan fingerprint density at radius 3 is 0.747 bits per heavy atom. The molecule has 1 unspecified atom stereocenters. The van der Waals surface area contributed by atoms with E-state index in [1.165, 1.54) is 205 Å². The third-order valence-corrected chi connectivity index (χ3v) is 15.6. The van der Waals surface area contributed by atoms with E-state index in [2.05, 4.69) is 118 Å². The van der Waals surface area contributed by atoms with Crippen LogP contribution in [-0.4, -0.2) is 37.2 Å². The first-order chi connectivity index (χ1) is 41.0. The van der Waals surface area contributed by atoms with Crippen LogP contribution in [0.2, 0.25) is 0 Å². The lowest BCUT2D eigenvalue weighted by Gasteiger charge is -2.18. The number of carbonyl (C=O) groups excluding carboxylic acids is 3. The molecule has 0 aliphatic carbocycles. The molecule has 0 fully saturated rings. The lowest BCUT2D eigenvalue weighted by molar-refractivity contribution is -0.167. The molecule has 0 radical (unpaired) electrons. The Kier molecular flexibility index (Phi) is 67.7. The van der Waals surface area contributed by atoms with Crippen molar-refractivity contribution in [1.82, 2.24) is 0 Å². The van der Waals surface area contributed by atoms with Crippen LogP contribution in [0.25, 0.3) is 0 Å². The summed E-state index contributed by atoms with van der Waals surface area (Å²) in [6, 6.07) is 0. The predicted molar refractivity (Wildman–Crippen MR) is 362 cm³/mol. The zero-order chi connectivity index (χ0) is 59.9. The highest BCUT2D eigenvalue weighted by atomic mass is 16.6. The van der Waals surface area contributed by atoms with Gasteiger partial charge in [-0.25, -0.2) is 0 Å². The maximum Gasteiger partial charge on any atom is 0.306 e. The molecule has 0 saturated carbocycles. The summed E-state index contributed by atoms with van der Waals surface area (Å²) in [4.78, 5) is 38.5. The van der Waals surface area contributed by atoms with Crippen molar-refractivity contribution in [1.29, 1.82) is 0 Å². The van der Waals surface area contributed by atoms with Crippen molar-refractivity contribution in [3.8, 4) is 0 Å². The van der Waals surface area contributed by atoms with Gasteiger partial charge in [0.05, 0.1) is 0 Å². The van der Waals surface area contributed by atoms with E-state index >= 15 is 0 Å². The van der Waals surface area contributed by atoms with Gasteiger partial charge >= 0.3 is 17.9 Å². The highest BCUT2D eigenvalue weighted by Crippen LogP contribution is 2.18. The van der Waals surface area contributed by atoms with Crippen LogP contribution in [0, 0.1) is 0 Å². The summed E-state index contributed by atoms with van der Waals surface area (Å²) in [7, 11) is 0. The first-order valence-electron chi connectivity index (χ1n) is 35.7. The summed E-state index contributed by atoms with van der Waals surface area (Å²) in [6.07, 6.45) is 95.8. The fourth-order valence-electron chi connectivity index (χ4n) is 10.3. The van der Waals surface area contributed by atoms with Gasteiger partial charge in [0.2, 0.25) is 0 Å². The second-order valence-electron chi connectivity index (χ2n) is 23.7. The molecule has 0 heterocycles. The molecule has 0 aliphatic heterocycles. The van der Waals surface area contributed by atoms with Crippen molar-refractivity contribution in [2.45, 2.75) is 361 Å². The Bertz CT molecular complexity index is 1610. The van der Waals surface area contributed by atoms with Crippen molar-refractivity contribution in [3.05, 3.63) is 97.2 Å². The van der Waals surface area contributed by atoms with E-state index < -0.39 is 6.10 Å². The number of allylic oxidation sites excluding steroid dienone is 16. The highest BCUT2D eigenvalue weighted by Gasteiger charge is 2.19. The predicted octanol–water partition coefficient (Wildman–Crippen LogP) is 24.8. The van der Waals surface area contributed by atoms with Crippen LogP contribution in [0.5, 0.6) is 0 Å². The molecule has 0 aromatic heterocycles. The van der Waals surface area contributed by atoms with Crippen LogP contribution in [-0.2, 0) is 28.6 Å². The van der Waals surface area contributed by atoms with Gasteiger partial charge in [-0.1, -0.05) is 317 Å². The standard InChI is InChI=1S/C77H134O6/c1-4-7-10-13-16-19-22-25-28-31-32-33-34-35-36-37-38-39-40-41-42-43-44-47-49-52-55-58-61-64-67-70-76(79)82-73-74(83-77(80)71-68-65-62-59-56-53-50-46-30-27-24-21-18-15-12-9-6-3)72-81-75(78)69-66-63-60-57-54-51-48-45-29-26-23-20-17-14-11-8-5-2/h7,9-10,12,16,18-19,21,25-30,32-33,74H,4-6,8,11,13-15,17,20,22-24,31,34-73H2,1-3H3/b10-7-,12-9-,19-16-,21-18-,28-25-,29-26-,30-27-,33-32-. The topological polar surface area (TPSA) is 78.9 Å². The van der Waals surface area contributed by atoms with Gasteiger partial charge < -0.3 is 14.2 Å². The van der Waals surface area contributed by atoms with Crippen LogP contribution >= 0.6 is 0 Å². The molecule has 0 spiro atoms. The highest BCUT2D eigenvalue weighted by molar-refractivity contribution is 5.71. The molecule has 0 amide bonds. The molecule has 6 heteroatoms. The number of hydrogen-bond acceptors (Lipinski definition) is 6. The Labute approximate surface area is 515 Å². The average Bonchev–Trinajstić information content (AvgIpc) is 3.49. The molecule has 0 bridgehead atoms. The molecular weight excluding hydrogens is 1020 g/mol. The largest absolute Gasteiger partial charge is 0.462 e. The fraction of sp³-hybridized carbons (Fsp3) is 0.753. The van der Waals surface area contributed by atoms with Gasteiger partial charge in [0.1, 0.15) is 13.2 Å². The van der Waals surface area contributed by atoms with Crippen LogP contribution in [0.15, 0.2) is 97.2 Å². The molecule has 83 heavy (non-hydrogen) atoms. The molecule has 0 saturated heterocycles. The van der Waals surface area contributed by atoms with Crippen LogP contribution in [0.3, 0.4) is 0 Å². The van der Waals surface area contributed by atoms with Gasteiger partial charge in [-0.05, 0) is 116 Å². The number of rotatable bonds is 65.